The zero-order valence-electron chi connectivity index (χ0n) is 8.39. The molecule has 78 valence electrons. The van der Waals surface area contributed by atoms with Crippen molar-refractivity contribution in [3.05, 3.63) is 29.7 Å². The molecule has 0 spiro atoms. The zero-order valence-corrected chi connectivity index (χ0v) is 9.15. The van der Waals surface area contributed by atoms with Gasteiger partial charge in [-0.25, -0.2) is 9.97 Å². The Morgan fingerprint density at radius 3 is 2.93 bits per heavy atom. The third-order valence-electron chi connectivity index (χ3n) is 2.00. The van der Waals surface area contributed by atoms with Gasteiger partial charge in [-0.15, -0.1) is 0 Å². The summed E-state index contributed by atoms with van der Waals surface area (Å²) in [6.07, 6.45) is 4.42. The molecule has 2 heterocycles. The quantitative estimate of drug-likeness (QED) is 0.749. The van der Waals surface area contributed by atoms with E-state index in [0.29, 0.717) is 11.0 Å². The van der Waals surface area contributed by atoms with Gasteiger partial charge in [-0.2, -0.15) is 5.10 Å². The molecule has 0 aliphatic heterocycles. The van der Waals surface area contributed by atoms with E-state index in [1.54, 1.807) is 18.5 Å². The Bertz CT molecular complexity index is 452. The van der Waals surface area contributed by atoms with Gasteiger partial charge in [0.2, 0.25) is 0 Å². The van der Waals surface area contributed by atoms with Crippen LogP contribution in [0.3, 0.4) is 0 Å². The van der Waals surface area contributed by atoms with E-state index in [1.807, 2.05) is 10.7 Å². The van der Waals surface area contributed by atoms with Gasteiger partial charge < -0.3 is 0 Å². The van der Waals surface area contributed by atoms with Gasteiger partial charge in [-0.3, -0.25) is 4.68 Å². The molecule has 2 rings (SSSR count). The molecule has 0 amide bonds. The van der Waals surface area contributed by atoms with Gasteiger partial charge in [0.05, 0.1) is 0 Å². The molecule has 0 N–H and O–H groups in total. The van der Waals surface area contributed by atoms with Crippen LogP contribution in [0.5, 0.6) is 0 Å². The van der Waals surface area contributed by atoms with Crippen LogP contribution in [0, 0.1) is 0 Å². The molecule has 0 bridgehead atoms. The number of halogens is 1. The Labute approximate surface area is 92.9 Å². The van der Waals surface area contributed by atoms with Crippen LogP contribution in [-0.4, -0.2) is 19.7 Å². The van der Waals surface area contributed by atoms with Crippen molar-refractivity contribution in [2.24, 2.45) is 0 Å². The van der Waals surface area contributed by atoms with E-state index < -0.39 is 0 Å². The van der Waals surface area contributed by atoms with Crippen molar-refractivity contribution in [1.29, 1.82) is 0 Å². The van der Waals surface area contributed by atoms with Crippen LogP contribution in [0.25, 0.3) is 11.5 Å². The molecule has 15 heavy (non-hydrogen) atoms. The standard InChI is InChI=1S/C10H11ClN4/c1-2-7-15-8(3-6-13-15)10-12-5-4-9(11)14-10/h3-6H,2,7H2,1H3. The average molecular weight is 223 g/mol. The Balaban J connectivity index is 2.40. The summed E-state index contributed by atoms with van der Waals surface area (Å²) in [6, 6.07) is 3.55. The van der Waals surface area contributed by atoms with Crippen molar-refractivity contribution in [3.63, 3.8) is 0 Å². The maximum Gasteiger partial charge on any atom is 0.179 e. The fraction of sp³-hybridized carbons (Fsp3) is 0.300. The maximum absolute atomic E-state index is 5.81. The number of aryl methyl sites for hydroxylation is 1. The number of nitrogens with zero attached hydrogens (tertiary/aromatic N) is 4. The van der Waals surface area contributed by atoms with E-state index in [-0.39, 0.29) is 0 Å². The fourth-order valence-electron chi connectivity index (χ4n) is 1.37. The number of hydrogen-bond acceptors (Lipinski definition) is 3. The molecule has 0 saturated carbocycles. The van der Waals surface area contributed by atoms with E-state index in [2.05, 4.69) is 22.0 Å². The highest BCUT2D eigenvalue weighted by Gasteiger charge is 2.07. The second-order valence-electron chi connectivity index (χ2n) is 3.14. The van der Waals surface area contributed by atoms with Crippen LogP contribution in [-0.2, 0) is 6.54 Å². The van der Waals surface area contributed by atoms with Gasteiger partial charge in [-0.05, 0) is 18.6 Å². The Morgan fingerprint density at radius 2 is 2.20 bits per heavy atom. The summed E-state index contributed by atoms with van der Waals surface area (Å²) in [6.45, 7) is 2.96. The first-order valence-electron chi connectivity index (χ1n) is 4.82. The molecule has 0 saturated heterocycles. The Hall–Kier alpha value is -1.42. The topological polar surface area (TPSA) is 43.6 Å². The summed E-state index contributed by atoms with van der Waals surface area (Å²) in [7, 11) is 0. The monoisotopic (exact) mass is 222 g/mol. The lowest BCUT2D eigenvalue weighted by Gasteiger charge is -2.04. The summed E-state index contributed by atoms with van der Waals surface area (Å²) in [5.41, 5.74) is 0.902. The number of rotatable bonds is 3. The number of aromatic nitrogens is 4. The lowest BCUT2D eigenvalue weighted by molar-refractivity contribution is 0.606. The van der Waals surface area contributed by atoms with Crippen molar-refractivity contribution in [3.8, 4) is 11.5 Å². The summed E-state index contributed by atoms with van der Waals surface area (Å²) in [5, 5.41) is 4.65. The highest BCUT2D eigenvalue weighted by molar-refractivity contribution is 6.29. The van der Waals surface area contributed by atoms with Crippen LogP contribution < -0.4 is 0 Å². The predicted octanol–water partition coefficient (Wildman–Crippen LogP) is 2.40. The smallest absolute Gasteiger partial charge is 0.179 e. The van der Waals surface area contributed by atoms with Crippen LogP contribution in [0.2, 0.25) is 5.15 Å². The molecular formula is C10H11ClN4. The average Bonchev–Trinajstić information content (AvgIpc) is 2.66. The zero-order chi connectivity index (χ0) is 10.7. The molecule has 0 aliphatic rings. The minimum absolute atomic E-state index is 0.448. The summed E-state index contributed by atoms with van der Waals surface area (Å²) in [5.74, 6) is 0.619. The van der Waals surface area contributed by atoms with Gasteiger partial charge in [0, 0.05) is 18.9 Å². The summed E-state index contributed by atoms with van der Waals surface area (Å²) >= 11 is 5.81. The van der Waals surface area contributed by atoms with Crippen LogP contribution >= 0.6 is 11.6 Å². The lowest BCUT2D eigenvalue weighted by atomic mass is 10.4. The third-order valence-corrected chi connectivity index (χ3v) is 2.21. The van der Waals surface area contributed by atoms with Crippen LogP contribution in [0.15, 0.2) is 24.5 Å². The highest BCUT2D eigenvalue weighted by atomic mass is 35.5. The molecule has 4 nitrogen and oxygen atoms in total. The molecule has 0 aliphatic carbocycles. The van der Waals surface area contributed by atoms with E-state index in [0.717, 1.165) is 18.7 Å². The van der Waals surface area contributed by atoms with Gasteiger partial charge >= 0.3 is 0 Å². The van der Waals surface area contributed by atoms with Crippen molar-refractivity contribution >= 4 is 11.6 Å². The largest absolute Gasteiger partial charge is 0.262 e. The minimum Gasteiger partial charge on any atom is -0.262 e. The van der Waals surface area contributed by atoms with E-state index in [1.165, 1.54) is 0 Å². The molecule has 0 radical (unpaired) electrons. The minimum atomic E-state index is 0.448. The van der Waals surface area contributed by atoms with Crippen molar-refractivity contribution < 1.29 is 0 Å². The van der Waals surface area contributed by atoms with Crippen molar-refractivity contribution in [2.75, 3.05) is 0 Å². The maximum atomic E-state index is 5.81. The normalized spacial score (nSPS) is 10.5. The molecule has 2 aromatic heterocycles. The molecule has 0 aromatic carbocycles. The van der Waals surface area contributed by atoms with Crippen LogP contribution in [0.1, 0.15) is 13.3 Å². The highest BCUT2D eigenvalue weighted by Crippen LogP contribution is 2.15. The molecule has 0 fully saturated rings. The number of hydrogen-bond donors (Lipinski definition) is 0. The van der Waals surface area contributed by atoms with Gasteiger partial charge in [0.25, 0.3) is 0 Å². The Morgan fingerprint density at radius 1 is 1.33 bits per heavy atom. The first-order valence-corrected chi connectivity index (χ1v) is 5.20. The van der Waals surface area contributed by atoms with Crippen LogP contribution in [0.4, 0.5) is 0 Å². The van der Waals surface area contributed by atoms with Crippen molar-refractivity contribution in [2.45, 2.75) is 19.9 Å². The fourth-order valence-corrected chi connectivity index (χ4v) is 1.51. The van der Waals surface area contributed by atoms with E-state index in [4.69, 9.17) is 11.6 Å². The van der Waals surface area contributed by atoms with Gasteiger partial charge in [0.1, 0.15) is 10.8 Å². The van der Waals surface area contributed by atoms with Gasteiger partial charge in [0.15, 0.2) is 5.82 Å². The Kier molecular flexibility index (Phi) is 2.97. The molecule has 0 unspecified atom stereocenters. The lowest BCUT2D eigenvalue weighted by Crippen LogP contribution is -2.03. The third kappa shape index (κ3) is 2.15. The SMILES string of the molecule is CCCn1nccc1-c1nccc(Cl)n1. The van der Waals surface area contributed by atoms with E-state index in [9.17, 15) is 0 Å². The first-order chi connectivity index (χ1) is 7.31. The van der Waals surface area contributed by atoms with Gasteiger partial charge in [-0.1, -0.05) is 18.5 Å². The second kappa shape index (κ2) is 4.40. The van der Waals surface area contributed by atoms with E-state index >= 15 is 0 Å². The summed E-state index contributed by atoms with van der Waals surface area (Å²) in [4.78, 5) is 8.32. The first kappa shape index (κ1) is 10.1. The predicted molar refractivity (Wildman–Crippen MR) is 58.6 cm³/mol. The second-order valence-corrected chi connectivity index (χ2v) is 3.53. The van der Waals surface area contributed by atoms with Crippen molar-refractivity contribution in [1.82, 2.24) is 19.7 Å². The molecule has 0 atom stereocenters. The molecular weight excluding hydrogens is 212 g/mol. The molecule has 2 aromatic rings. The summed E-state index contributed by atoms with van der Waals surface area (Å²) < 4.78 is 1.88. The molecule has 5 heteroatoms.